The summed E-state index contributed by atoms with van der Waals surface area (Å²) in [5.41, 5.74) is 0.900. The first kappa shape index (κ1) is 15.0. The molecule has 21 heavy (non-hydrogen) atoms. The Balaban J connectivity index is 1.86. The monoisotopic (exact) mass is 287 g/mol. The number of hydrogen-bond acceptors (Lipinski definition) is 4. The Morgan fingerprint density at radius 1 is 1.38 bits per heavy atom. The zero-order chi connectivity index (χ0) is 15.2. The highest BCUT2D eigenvalue weighted by atomic mass is 16.4. The molecule has 0 unspecified atom stereocenters. The molecule has 0 heterocycles. The summed E-state index contributed by atoms with van der Waals surface area (Å²) < 4.78 is 0. The van der Waals surface area contributed by atoms with E-state index in [0.717, 1.165) is 12.8 Å². The minimum absolute atomic E-state index is 0.0350. The van der Waals surface area contributed by atoms with E-state index in [-0.39, 0.29) is 18.9 Å². The fraction of sp³-hybridized carbons (Fsp3) is 0.400. The van der Waals surface area contributed by atoms with Crippen molar-refractivity contribution in [1.29, 1.82) is 5.26 Å². The van der Waals surface area contributed by atoms with Crippen molar-refractivity contribution in [1.82, 2.24) is 4.90 Å². The van der Waals surface area contributed by atoms with Crippen LogP contribution in [0.2, 0.25) is 0 Å². The lowest BCUT2D eigenvalue weighted by molar-refractivity contribution is -0.138. The molecule has 2 N–H and O–H groups in total. The third-order valence-electron chi connectivity index (χ3n) is 3.35. The molecule has 1 aliphatic rings. The van der Waals surface area contributed by atoms with E-state index < -0.39 is 5.97 Å². The quantitative estimate of drug-likeness (QED) is 0.791. The van der Waals surface area contributed by atoms with Crippen LogP contribution in [0.1, 0.15) is 24.8 Å². The number of carbonyl (C=O) groups is 2. The Kier molecular flexibility index (Phi) is 4.90. The number of rotatable bonds is 7. The number of amides is 1. The summed E-state index contributed by atoms with van der Waals surface area (Å²) >= 11 is 0. The number of benzene rings is 1. The summed E-state index contributed by atoms with van der Waals surface area (Å²) in [5.74, 6) is -1.09. The van der Waals surface area contributed by atoms with Crippen LogP contribution < -0.4 is 5.32 Å². The molecule has 1 aromatic carbocycles. The van der Waals surface area contributed by atoms with E-state index in [2.05, 4.69) is 5.32 Å². The van der Waals surface area contributed by atoms with Crippen LogP contribution in [0, 0.1) is 11.3 Å². The maximum Gasteiger partial charge on any atom is 0.317 e. The first-order chi connectivity index (χ1) is 10.1. The molecule has 0 radical (unpaired) electrons. The van der Waals surface area contributed by atoms with Crippen molar-refractivity contribution in [2.45, 2.75) is 25.3 Å². The van der Waals surface area contributed by atoms with Gasteiger partial charge in [0.15, 0.2) is 0 Å². The third kappa shape index (κ3) is 4.58. The average Bonchev–Trinajstić information content (AvgIpc) is 3.28. The van der Waals surface area contributed by atoms with E-state index in [0.29, 0.717) is 23.8 Å². The lowest BCUT2D eigenvalue weighted by atomic mass is 10.2. The molecule has 6 heteroatoms. The smallest absolute Gasteiger partial charge is 0.317 e. The number of hydrogen-bond donors (Lipinski definition) is 2. The molecule has 0 spiro atoms. The molecule has 6 nitrogen and oxygen atoms in total. The van der Waals surface area contributed by atoms with Crippen LogP contribution >= 0.6 is 0 Å². The average molecular weight is 287 g/mol. The minimum Gasteiger partial charge on any atom is -0.480 e. The number of nitrogens with one attached hydrogen (secondary N) is 1. The molecule has 110 valence electrons. The SMILES string of the molecule is N#Cc1ccccc1NC(=O)CCN(CC(=O)O)C1CC1. The summed E-state index contributed by atoms with van der Waals surface area (Å²) in [7, 11) is 0. The van der Waals surface area contributed by atoms with E-state index in [1.54, 1.807) is 24.3 Å². The topological polar surface area (TPSA) is 93.4 Å². The van der Waals surface area contributed by atoms with Gasteiger partial charge in [0.2, 0.25) is 5.91 Å². The summed E-state index contributed by atoms with van der Waals surface area (Å²) in [6.07, 6.45) is 2.20. The Bertz CT molecular complexity index is 576. The first-order valence-corrected chi connectivity index (χ1v) is 6.85. The summed E-state index contributed by atoms with van der Waals surface area (Å²) in [6, 6.07) is 9.10. The molecule has 2 rings (SSSR count). The van der Waals surface area contributed by atoms with Crippen molar-refractivity contribution < 1.29 is 14.7 Å². The largest absolute Gasteiger partial charge is 0.480 e. The van der Waals surface area contributed by atoms with Gasteiger partial charge >= 0.3 is 5.97 Å². The van der Waals surface area contributed by atoms with E-state index in [1.807, 2.05) is 11.0 Å². The number of carboxylic acids is 1. The maximum absolute atomic E-state index is 11.9. The Morgan fingerprint density at radius 2 is 2.10 bits per heavy atom. The molecule has 0 bridgehead atoms. The van der Waals surface area contributed by atoms with Crippen molar-refractivity contribution in [3.63, 3.8) is 0 Å². The van der Waals surface area contributed by atoms with Gasteiger partial charge in [-0.2, -0.15) is 5.26 Å². The highest BCUT2D eigenvalue weighted by molar-refractivity contribution is 5.92. The number of aliphatic carboxylic acids is 1. The zero-order valence-corrected chi connectivity index (χ0v) is 11.6. The van der Waals surface area contributed by atoms with E-state index in [9.17, 15) is 9.59 Å². The number of nitrogens with zero attached hydrogens (tertiary/aromatic N) is 2. The highest BCUT2D eigenvalue weighted by Crippen LogP contribution is 2.26. The van der Waals surface area contributed by atoms with Crippen molar-refractivity contribution in [2.75, 3.05) is 18.4 Å². The van der Waals surface area contributed by atoms with E-state index in [1.165, 1.54) is 0 Å². The van der Waals surface area contributed by atoms with Gasteiger partial charge in [-0.25, -0.2) is 0 Å². The standard InChI is InChI=1S/C15H17N3O3/c16-9-11-3-1-2-4-13(11)17-14(19)7-8-18(10-15(20)21)12-5-6-12/h1-4,12H,5-8,10H2,(H,17,19)(H,20,21). The van der Waals surface area contributed by atoms with Crippen LogP contribution in [0.4, 0.5) is 5.69 Å². The van der Waals surface area contributed by atoms with Gasteiger partial charge in [0, 0.05) is 19.0 Å². The van der Waals surface area contributed by atoms with Gasteiger partial charge in [0.05, 0.1) is 17.8 Å². The molecule has 0 saturated heterocycles. The van der Waals surface area contributed by atoms with Gasteiger partial charge < -0.3 is 10.4 Å². The van der Waals surface area contributed by atoms with Crippen molar-refractivity contribution >= 4 is 17.6 Å². The second-order valence-corrected chi connectivity index (χ2v) is 5.05. The first-order valence-electron chi connectivity index (χ1n) is 6.85. The molecule has 0 atom stereocenters. The number of para-hydroxylation sites is 1. The van der Waals surface area contributed by atoms with Gasteiger partial charge in [0.1, 0.15) is 6.07 Å². The molecule has 0 aliphatic heterocycles. The lowest BCUT2D eigenvalue weighted by Gasteiger charge is -2.19. The Hall–Kier alpha value is -2.39. The predicted molar refractivity (Wildman–Crippen MR) is 76.6 cm³/mol. The molecule has 1 aliphatic carbocycles. The molecular formula is C15H17N3O3. The van der Waals surface area contributed by atoms with Crippen LogP contribution in [-0.4, -0.2) is 41.0 Å². The predicted octanol–water partition coefficient (Wildman–Crippen LogP) is 1.44. The molecule has 0 aromatic heterocycles. The number of anilines is 1. The third-order valence-corrected chi connectivity index (χ3v) is 3.35. The molecule has 1 saturated carbocycles. The lowest BCUT2D eigenvalue weighted by Crippen LogP contribution is -2.34. The van der Waals surface area contributed by atoms with Gasteiger partial charge in [-0.1, -0.05) is 12.1 Å². The van der Waals surface area contributed by atoms with Gasteiger partial charge in [0.25, 0.3) is 0 Å². The van der Waals surface area contributed by atoms with Crippen molar-refractivity contribution in [3.8, 4) is 6.07 Å². The van der Waals surface area contributed by atoms with E-state index in [4.69, 9.17) is 10.4 Å². The molecule has 1 fully saturated rings. The molecule has 1 aromatic rings. The number of carboxylic acid groups (broad SMARTS) is 1. The van der Waals surface area contributed by atoms with E-state index >= 15 is 0 Å². The summed E-state index contributed by atoms with van der Waals surface area (Å²) in [5, 5.41) is 20.5. The van der Waals surface area contributed by atoms with Crippen LogP contribution in [-0.2, 0) is 9.59 Å². The van der Waals surface area contributed by atoms with Gasteiger partial charge in [-0.3, -0.25) is 14.5 Å². The zero-order valence-electron chi connectivity index (χ0n) is 11.6. The minimum atomic E-state index is -0.878. The van der Waals surface area contributed by atoms with Gasteiger partial charge in [-0.15, -0.1) is 0 Å². The Morgan fingerprint density at radius 3 is 2.71 bits per heavy atom. The fourth-order valence-corrected chi connectivity index (χ4v) is 2.15. The van der Waals surface area contributed by atoms with Crippen LogP contribution in [0.5, 0.6) is 0 Å². The fourth-order valence-electron chi connectivity index (χ4n) is 2.15. The van der Waals surface area contributed by atoms with Crippen molar-refractivity contribution in [3.05, 3.63) is 29.8 Å². The van der Waals surface area contributed by atoms with Crippen molar-refractivity contribution in [2.24, 2.45) is 0 Å². The van der Waals surface area contributed by atoms with Crippen LogP contribution in [0.25, 0.3) is 0 Å². The van der Waals surface area contributed by atoms with Crippen LogP contribution in [0.15, 0.2) is 24.3 Å². The molecular weight excluding hydrogens is 270 g/mol. The summed E-state index contributed by atoms with van der Waals surface area (Å²) in [4.78, 5) is 24.5. The number of nitriles is 1. The van der Waals surface area contributed by atoms with Gasteiger partial charge in [-0.05, 0) is 25.0 Å². The molecule has 1 amide bonds. The Labute approximate surface area is 123 Å². The van der Waals surface area contributed by atoms with Crippen LogP contribution in [0.3, 0.4) is 0 Å². The normalized spacial score (nSPS) is 13.7. The second kappa shape index (κ2) is 6.86. The number of carbonyl (C=O) groups excluding carboxylic acids is 1. The second-order valence-electron chi connectivity index (χ2n) is 5.05. The highest BCUT2D eigenvalue weighted by Gasteiger charge is 2.30. The maximum atomic E-state index is 11.9. The summed E-state index contributed by atoms with van der Waals surface area (Å²) in [6.45, 7) is 0.379.